The van der Waals surface area contributed by atoms with E-state index in [0.29, 0.717) is 0 Å². The Kier molecular flexibility index (Phi) is 7.71. The van der Waals surface area contributed by atoms with Crippen LogP contribution < -0.4 is 0 Å². The number of aryl methyl sites for hydroxylation is 1. The molecular formula is C16H24O3. The van der Waals surface area contributed by atoms with Crippen LogP contribution >= 0.6 is 0 Å². The Morgan fingerprint density at radius 3 is 2.47 bits per heavy atom. The molecule has 0 aromatic heterocycles. The van der Waals surface area contributed by atoms with Crippen molar-refractivity contribution < 1.29 is 14.6 Å². The van der Waals surface area contributed by atoms with Crippen molar-refractivity contribution >= 4 is 6.16 Å². The zero-order valence-electron chi connectivity index (χ0n) is 11.7. The fraction of sp³-hybridized carbons (Fsp3) is 0.562. The topological polar surface area (TPSA) is 46.5 Å². The first-order chi connectivity index (χ1) is 9.22. The molecule has 0 aliphatic heterocycles. The highest BCUT2D eigenvalue weighted by Crippen LogP contribution is 2.14. The van der Waals surface area contributed by atoms with Gasteiger partial charge in [0.05, 0.1) is 0 Å². The monoisotopic (exact) mass is 264 g/mol. The second-order valence-corrected chi connectivity index (χ2v) is 4.88. The van der Waals surface area contributed by atoms with Crippen molar-refractivity contribution in [1.29, 1.82) is 0 Å². The molecule has 1 N–H and O–H groups in total. The SMILES string of the molecule is CCCCCC(CCCc1ccccc1)OC(=O)O. The van der Waals surface area contributed by atoms with Gasteiger partial charge in [0.15, 0.2) is 0 Å². The number of carbonyl (C=O) groups is 1. The molecule has 1 aromatic carbocycles. The first-order valence-electron chi connectivity index (χ1n) is 7.16. The molecule has 3 nitrogen and oxygen atoms in total. The van der Waals surface area contributed by atoms with Crippen LogP contribution in [-0.4, -0.2) is 17.4 Å². The number of ether oxygens (including phenoxy) is 1. The summed E-state index contributed by atoms with van der Waals surface area (Å²) in [5, 5.41) is 8.73. The zero-order chi connectivity index (χ0) is 13.9. The molecule has 1 aromatic rings. The summed E-state index contributed by atoms with van der Waals surface area (Å²) in [4.78, 5) is 10.7. The van der Waals surface area contributed by atoms with Crippen LogP contribution in [0.1, 0.15) is 51.0 Å². The molecule has 0 saturated carbocycles. The van der Waals surface area contributed by atoms with E-state index in [1.54, 1.807) is 0 Å². The Bertz CT molecular complexity index is 348. The molecule has 0 fully saturated rings. The summed E-state index contributed by atoms with van der Waals surface area (Å²) >= 11 is 0. The molecule has 106 valence electrons. The normalized spacial score (nSPS) is 12.1. The molecule has 0 radical (unpaired) electrons. The van der Waals surface area contributed by atoms with E-state index >= 15 is 0 Å². The lowest BCUT2D eigenvalue weighted by Crippen LogP contribution is -2.17. The second kappa shape index (κ2) is 9.42. The number of unbranched alkanes of at least 4 members (excludes halogenated alkanes) is 2. The molecule has 0 aliphatic carbocycles. The van der Waals surface area contributed by atoms with E-state index in [9.17, 15) is 4.79 Å². The summed E-state index contributed by atoms with van der Waals surface area (Å²) in [5.41, 5.74) is 1.30. The van der Waals surface area contributed by atoms with Crippen molar-refractivity contribution in [1.82, 2.24) is 0 Å². The zero-order valence-corrected chi connectivity index (χ0v) is 11.7. The Morgan fingerprint density at radius 1 is 1.16 bits per heavy atom. The number of carboxylic acid groups (broad SMARTS) is 1. The summed E-state index contributed by atoms with van der Waals surface area (Å²) in [6.45, 7) is 2.14. The third-order valence-corrected chi connectivity index (χ3v) is 3.23. The van der Waals surface area contributed by atoms with Gasteiger partial charge in [0, 0.05) is 0 Å². The Balaban J connectivity index is 2.29. The minimum Gasteiger partial charge on any atom is -0.450 e. The molecule has 0 aliphatic rings. The van der Waals surface area contributed by atoms with E-state index in [4.69, 9.17) is 9.84 Å². The molecule has 0 amide bonds. The minimum absolute atomic E-state index is 0.146. The Morgan fingerprint density at radius 2 is 1.84 bits per heavy atom. The average molecular weight is 264 g/mol. The maximum absolute atomic E-state index is 10.7. The number of benzene rings is 1. The molecule has 0 bridgehead atoms. The van der Waals surface area contributed by atoms with Gasteiger partial charge in [-0.25, -0.2) is 4.79 Å². The molecule has 1 rings (SSSR count). The third-order valence-electron chi connectivity index (χ3n) is 3.23. The highest BCUT2D eigenvalue weighted by atomic mass is 16.7. The number of rotatable bonds is 9. The lowest BCUT2D eigenvalue weighted by molar-refractivity contribution is 0.0426. The van der Waals surface area contributed by atoms with Gasteiger partial charge in [0.2, 0.25) is 0 Å². The van der Waals surface area contributed by atoms with Gasteiger partial charge in [-0.15, -0.1) is 0 Å². The van der Waals surface area contributed by atoms with Gasteiger partial charge >= 0.3 is 6.16 Å². The number of hydrogen-bond donors (Lipinski definition) is 1. The van der Waals surface area contributed by atoms with Gasteiger partial charge in [-0.05, 0) is 37.7 Å². The van der Waals surface area contributed by atoms with E-state index in [2.05, 4.69) is 19.1 Å². The van der Waals surface area contributed by atoms with Gasteiger partial charge < -0.3 is 9.84 Å². The van der Waals surface area contributed by atoms with Crippen LogP contribution in [0.15, 0.2) is 30.3 Å². The predicted molar refractivity (Wildman–Crippen MR) is 76.4 cm³/mol. The van der Waals surface area contributed by atoms with Crippen molar-refractivity contribution in [3.63, 3.8) is 0 Å². The Labute approximate surface area is 115 Å². The molecule has 19 heavy (non-hydrogen) atoms. The second-order valence-electron chi connectivity index (χ2n) is 4.88. The van der Waals surface area contributed by atoms with Gasteiger partial charge in [0.25, 0.3) is 0 Å². The highest BCUT2D eigenvalue weighted by molar-refractivity contribution is 5.57. The summed E-state index contributed by atoms with van der Waals surface area (Å²) in [5.74, 6) is 0. The Hall–Kier alpha value is -1.51. The third kappa shape index (κ3) is 7.50. The van der Waals surface area contributed by atoms with Crippen LogP contribution in [0.25, 0.3) is 0 Å². The van der Waals surface area contributed by atoms with Crippen molar-refractivity contribution in [2.45, 2.75) is 58.0 Å². The van der Waals surface area contributed by atoms with E-state index in [1.165, 1.54) is 5.56 Å². The molecule has 1 unspecified atom stereocenters. The van der Waals surface area contributed by atoms with Gasteiger partial charge in [-0.3, -0.25) is 0 Å². The summed E-state index contributed by atoms with van der Waals surface area (Å²) < 4.78 is 4.95. The molecule has 0 spiro atoms. The maximum Gasteiger partial charge on any atom is 0.506 e. The van der Waals surface area contributed by atoms with E-state index in [-0.39, 0.29) is 6.10 Å². The van der Waals surface area contributed by atoms with Crippen LogP contribution in [0.5, 0.6) is 0 Å². The van der Waals surface area contributed by atoms with Gasteiger partial charge in [-0.2, -0.15) is 0 Å². The number of hydrogen-bond acceptors (Lipinski definition) is 2. The van der Waals surface area contributed by atoms with Crippen molar-refractivity contribution in [3.8, 4) is 0 Å². The van der Waals surface area contributed by atoms with E-state index in [0.717, 1.165) is 44.9 Å². The fourth-order valence-electron chi connectivity index (χ4n) is 2.21. The van der Waals surface area contributed by atoms with E-state index in [1.807, 2.05) is 18.2 Å². The molecule has 0 saturated heterocycles. The molecule has 3 heteroatoms. The first-order valence-corrected chi connectivity index (χ1v) is 7.16. The lowest BCUT2D eigenvalue weighted by Gasteiger charge is -2.15. The van der Waals surface area contributed by atoms with Crippen LogP contribution in [0, 0.1) is 0 Å². The average Bonchev–Trinajstić information content (AvgIpc) is 2.39. The maximum atomic E-state index is 10.7. The molecule has 1 atom stereocenters. The van der Waals surface area contributed by atoms with Crippen LogP contribution in [0.2, 0.25) is 0 Å². The summed E-state index contributed by atoms with van der Waals surface area (Å²) in [6, 6.07) is 10.3. The van der Waals surface area contributed by atoms with Gasteiger partial charge in [0.1, 0.15) is 6.10 Å². The smallest absolute Gasteiger partial charge is 0.450 e. The highest BCUT2D eigenvalue weighted by Gasteiger charge is 2.12. The van der Waals surface area contributed by atoms with Crippen molar-refractivity contribution in [2.24, 2.45) is 0 Å². The van der Waals surface area contributed by atoms with Gasteiger partial charge in [-0.1, -0.05) is 50.1 Å². The minimum atomic E-state index is -1.15. The summed E-state index contributed by atoms with van der Waals surface area (Å²) in [6.07, 6.45) is 5.62. The predicted octanol–water partition coefficient (Wildman–Crippen LogP) is 4.65. The molecular weight excluding hydrogens is 240 g/mol. The van der Waals surface area contributed by atoms with Crippen LogP contribution in [0.3, 0.4) is 0 Å². The summed E-state index contributed by atoms with van der Waals surface area (Å²) in [7, 11) is 0. The first kappa shape index (κ1) is 15.5. The van der Waals surface area contributed by atoms with Crippen LogP contribution in [-0.2, 0) is 11.2 Å². The van der Waals surface area contributed by atoms with Crippen molar-refractivity contribution in [3.05, 3.63) is 35.9 Å². The van der Waals surface area contributed by atoms with E-state index < -0.39 is 6.16 Å². The quantitative estimate of drug-likeness (QED) is 0.521. The van der Waals surface area contributed by atoms with Crippen LogP contribution in [0.4, 0.5) is 4.79 Å². The van der Waals surface area contributed by atoms with Crippen molar-refractivity contribution in [2.75, 3.05) is 0 Å². The fourth-order valence-corrected chi connectivity index (χ4v) is 2.21. The largest absolute Gasteiger partial charge is 0.506 e. The molecule has 0 heterocycles. The lowest BCUT2D eigenvalue weighted by atomic mass is 10.0. The standard InChI is InChI=1S/C16H24O3/c1-2-3-5-12-15(19-16(17)18)13-8-11-14-9-6-4-7-10-14/h4,6-7,9-10,15H,2-3,5,8,11-13H2,1H3,(H,17,18).